The van der Waals surface area contributed by atoms with Crippen molar-refractivity contribution in [3.05, 3.63) is 0 Å². The van der Waals surface area contributed by atoms with Crippen LogP contribution in [0.4, 0.5) is 0 Å². The van der Waals surface area contributed by atoms with Crippen molar-refractivity contribution in [1.29, 1.82) is 0 Å². The molecule has 0 aliphatic carbocycles. The Labute approximate surface area is 95.0 Å². The highest BCUT2D eigenvalue weighted by Crippen LogP contribution is 2.27. The average Bonchev–Trinajstić information content (AvgIpc) is 2.02. The van der Waals surface area contributed by atoms with Crippen molar-refractivity contribution >= 4 is 12.6 Å². The molecule has 2 unspecified atom stereocenters. The summed E-state index contributed by atoms with van der Waals surface area (Å²) in [7, 11) is 0. The molecular weight excluding hydrogens is 192 g/mol. The summed E-state index contributed by atoms with van der Waals surface area (Å²) >= 11 is 4.38. The summed E-state index contributed by atoms with van der Waals surface area (Å²) in [6.45, 7) is 14.1. The molecule has 0 saturated carbocycles. The van der Waals surface area contributed by atoms with E-state index in [9.17, 15) is 0 Å². The predicted molar refractivity (Wildman–Crippen MR) is 67.1 cm³/mol. The highest BCUT2D eigenvalue weighted by molar-refractivity contribution is 7.80. The van der Waals surface area contributed by atoms with E-state index in [4.69, 9.17) is 4.74 Å². The van der Waals surface area contributed by atoms with Gasteiger partial charge in [-0.05, 0) is 29.9 Å². The minimum atomic E-state index is 0.290. The minimum absolute atomic E-state index is 0.290. The summed E-state index contributed by atoms with van der Waals surface area (Å²) < 4.78 is 5.83. The predicted octanol–water partition coefficient (Wildman–Crippen LogP) is 3.64. The second kappa shape index (κ2) is 6.02. The van der Waals surface area contributed by atoms with Crippen molar-refractivity contribution in [3.63, 3.8) is 0 Å². The van der Waals surface area contributed by atoms with E-state index in [1.807, 2.05) is 0 Å². The molecule has 0 fully saturated rings. The van der Waals surface area contributed by atoms with Crippen molar-refractivity contribution in [2.24, 2.45) is 17.3 Å². The van der Waals surface area contributed by atoms with Crippen LogP contribution in [0.15, 0.2) is 0 Å². The van der Waals surface area contributed by atoms with Crippen LogP contribution in [0.1, 0.15) is 41.5 Å². The molecule has 0 spiro atoms. The van der Waals surface area contributed by atoms with Crippen LogP contribution in [0.25, 0.3) is 0 Å². The molecule has 14 heavy (non-hydrogen) atoms. The first kappa shape index (κ1) is 14.3. The van der Waals surface area contributed by atoms with E-state index in [1.165, 1.54) is 0 Å². The summed E-state index contributed by atoms with van der Waals surface area (Å²) in [6.07, 6.45) is 0.347. The lowest BCUT2D eigenvalue weighted by atomic mass is 9.82. The molecule has 86 valence electrons. The van der Waals surface area contributed by atoms with E-state index >= 15 is 0 Å². The molecule has 0 aromatic rings. The third-order valence-corrected chi connectivity index (χ3v) is 3.39. The Hall–Kier alpha value is 0.310. The Morgan fingerprint density at radius 2 is 1.64 bits per heavy atom. The maximum atomic E-state index is 5.83. The fourth-order valence-electron chi connectivity index (χ4n) is 1.04. The van der Waals surface area contributed by atoms with Crippen LogP contribution in [0, 0.1) is 17.3 Å². The van der Waals surface area contributed by atoms with Gasteiger partial charge in [0.2, 0.25) is 0 Å². The average molecular weight is 218 g/mol. The number of rotatable bonds is 5. The fourth-order valence-corrected chi connectivity index (χ4v) is 1.69. The zero-order valence-corrected chi connectivity index (χ0v) is 11.4. The van der Waals surface area contributed by atoms with Crippen LogP contribution in [-0.4, -0.2) is 18.5 Å². The van der Waals surface area contributed by atoms with Crippen molar-refractivity contribution < 1.29 is 4.74 Å². The van der Waals surface area contributed by atoms with Crippen molar-refractivity contribution in [2.45, 2.75) is 47.6 Å². The molecule has 0 aliphatic rings. The lowest BCUT2D eigenvalue weighted by molar-refractivity contribution is -0.00358. The van der Waals surface area contributed by atoms with Crippen LogP contribution in [-0.2, 0) is 4.74 Å². The summed E-state index contributed by atoms with van der Waals surface area (Å²) in [6, 6.07) is 0. The van der Waals surface area contributed by atoms with E-state index in [2.05, 4.69) is 54.2 Å². The highest BCUT2D eigenvalue weighted by Gasteiger charge is 2.24. The van der Waals surface area contributed by atoms with Crippen molar-refractivity contribution in [1.82, 2.24) is 0 Å². The van der Waals surface area contributed by atoms with Gasteiger partial charge in [-0.3, -0.25) is 0 Å². The summed E-state index contributed by atoms with van der Waals surface area (Å²) in [5.41, 5.74) is 0.290. The topological polar surface area (TPSA) is 9.23 Å². The molecule has 0 N–H and O–H groups in total. The number of thiol groups is 1. The van der Waals surface area contributed by atoms with Gasteiger partial charge in [0.25, 0.3) is 0 Å². The standard InChI is InChI=1S/C12H26OS/c1-9(2)10(3)13-7-11(8-14)12(4,5)6/h9-11,14H,7-8H2,1-6H3. The Morgan fingerprint density at radius 3 is 1.93 bits per heavy atom. The van der Waals surface area contributed by atoms with Gasteiger partial charge in [0, 0.05) is 0 Å². The molecule has 0 rings (SSSR count). The van der Waals surface area contributed by atoms with Crippen LogP contribution in [0.3, 0.4) is 0 Å². The molecule has 0 aliphatic heterocycles. The van der Waals surface area contributed by atoms with Crippen LogP contribution >= 0.6 is 12.6 Å². The van der Waals surface area contributed by atoms with Crippen LogP contribution in [0.2, 0.25) is 0 Å². The van der Waals surface area contributed by atoms with E-state index < -0.39 is 0 Å². The van der Waals surface area contributed by atoms with Crippen molar-refractivity contribution in [3.8, 4) is 0 Å². The lowest BCUT2D eigenvalue weighted by Crippen LogP contribution is -2.29. The molecule has 0 radical (unpaired) electrons. The fraction of sp³-hybridized carbons (Fsp3) is 1.00. The lowest BCUT2D eigenvalue weighted by Gasteiger charge is -2.30. The number of hydrogen-bond acceptors (Lipinski definition) is 2. The van der Waals surface area contributed by atoms with Crippen molar-refractivity contribution in [2.75, 3.05) is 12.4 Å². The third-order valence-electron chi connectivity index (χ3n) is 2.94. The molecule has 2 heteroatoms. The normalized spacial score (nSPS) is 17.1. The van der Waals surface area contributed by atoms with E-state index in [1.54, 1.807) is 0 Å². The Kier molecular flexibility index (Phi) is 6.15. The van der Waals surface area contributed by atoms with Gasteiger partial charge in [-0.25, -0.2) is 0 Å². The molecule has 2 atom stereocenters. The largest absolute Gasteiger partial charge is 0.378 e. The third kappa shape index (κ3) is 5.26. The molecule has 1 nitrogen and oxygen atoms in total. The quantitative estimate of drug-likeness (QED) is 0.693. The zero-order chi connectivity index (χ0) is 11.4. The molecule has 0 bridgehead atoms. The molecular formula is C12H26OS. The monoisotopic (exact) mass is 218 g/mol. The first-order valence-electron chi connectivity index (χ1n) is 5.51. The van der Waals surface area contributed by atoms with Gasteiger partial charge in [-0.1, -0.05) is 34.6 Å². The summed E-state index contributed by atoms with van der Waals surface area (Å²) in [5, 5.41) is 0. The van der Waals surface area contributed by atoms with Gasteiger partial charge in [0.15, 0.2) is 0 Å². The summed E-state index contributed by atoms with van der Waals surface area (Å²) in [5.74, 6) is 2.02. The van der Waals surface area contributed by atoms with E-state index in [0.29, 0.717) is 23.4 Å². The summed E-state index contributed by atoms with van der Waals surface area (Å²) in [4.78, 5) is 0. The van der Waals surface area contributed by atoms with Gasteiger partial charge < -0.3 is 4.74 Å². The first-order valence-corrected chi connectivity index (χ1v) is 6.14. The van der Waals surface area contributed by atoms with Crippen LogP contribution < -0.4 is 0 Å². The Balaban J connectivity index is 3.97. The minimum Gasteiger partial charge on any atom is -0.378 e. The maximum Gasteiger partial charge on any atom is 0.0570 e. The molecule has 0 saturated heterocycles. The van der Waals surface area contributed by atoms with E-state index in [-0.39, 0.29) is 0 Å². The second-order valence-corrected chi connectivity index (χ2v) is 5.89. The van der Waals surface area contributed by atoms with Crippen LogP contribution in [0.5, 0.6) is 0 Å². The maximum absolute atomic E-state index is 5.83. The molecule has 0 aromatic carbocycles. The van der Waals surface area contributed by atoms with Gasteiger partial charge in [0.1, 0.15) is 0 Å². The van der Waals surface area contributed by atoms with Gasteiger partial charge in [-0.2, -0.15) is 12.6 Å². The molecule has 0 aromatic heterocycles. The first-order chi connectivity index (χ1) is 6.29. The smallest absolute Gasteiger partial charge is 0.0570 e. The SMILES string of the molecule is CC(C)C(C)OCC(CS)C(C)(C)C. The van der Waals surface area contributed by atoms with Gasteiger partial charge in [0.05, 0.1) is 12.7 Å². The zero-order valence-electron chi connectivity index (χ0n) is 10.5. The number of hydrogen-bond donors (Lipinski definition) is 1. The van der Waals surface area contributed by atoms with Gasteiger partial charge >= 0.3 is 0 Å². The van der Waals surface area contributed by atoms with Gasteiger partial charge in [-0.15, -0.1) is 0 Å². The Bertz CT molecular complexity index is 149. The second-order valence-electron chi connectivity index (χ2n) is 5.53. The molecule has 0 heterocycles. The molecule has 0 amide bonds. The van der Waals surface area contributed by atoms with E-state index in [0.717, 1.165) is 12.4 Å². The Morgan fingerprint density at radius 1 is 1.14 bits per heavy atom. The highest BCUT2D eigenvalue weighted by atomic mass is 32.1. The number of ether oxygens (including phenoxy) is 1.